The van der Waals surface area contributed by atoms with Crippen molar-refractivity contribution in [1.82, 2.24) is 9.55 Å². The Balaban J connectivity index is 1.57. The van der Waals surface area contributed by atoms with E-state index in [1.165, 1.54) is 0 Å². The van der Waals surface area contributed by atoms with Crippen LogP contribution in [0.1, 0.15) is 47.1 Å². The highest BCUT2D eigenvalue weighted by atomic mass is 16.5. The average Bonchev–Trinajstić information content (AvgIpc) is 3.21. The van der Waals surface area contributed by atoms with E-state index in [2.05, 4.69) is 0 Å². The standard InChI is InChI=1S/C29H31N5O3/c1-3-37-27(35)10-7-17-34(23-8-5-4-6-9-23)29(36)22-15-16-25-24(19-22)32-26(33(25)2)18-20-11-13-21(14-12-20)28(30)31/h4-6,8-9,11-16,19H,3,7,10,17-18H2,1-2H3,(H3,30,31). The molecule has 3 N–H and O–H groups in total. The molecular formula is C29H31N5O3. The zero-order chi connectivity index (χ0) is 26.4. The first-order chi connectivity index (χ1) is 17.9. The van der Waals surface area contributed by atoms with E-state index in [9.17, 15) is 9.59 Å². The number of para-hydroxylation sites is 1. The number of carbonyl (C=O) groups excluding carboxylic acids is 2. The van der Waals surface area contributed by atoms with Crippen molar-refractivity contribution >= 4 is 34.4 Å². The summed E-state index contributed by atoms with van der Waals surface area (Å²) in [4.78, 5) is 31.9. The first-order valence-corrected chi connectivity index (χ1v) is 12.3. The van der Waals surface area contributed by atoms with Crippen LogP contribution in [-0.4, -0.2) is 40.4 Å². The number of benzene rings is 3. The van der Waals surface area contributed by atoms with Crippen molar-refractivity contribution in [2.45, 2.75) is 26.2 Å². The average molecular weight is 498 g/mol. The Labute approximate surface area is 216 Å². The number of rotatable bonds is 10. The van der Waals surface area contributed by atoms with Gasteiger partial charge in [-0.15, -0.1) is 0 Å². The van der Waals surface area contributed by atoms with Crippen molar-refractivity contribution in [3.63, 3.8) is 0 Å². The number of fused-ring (bicyclic) bond motifs is 1. The third kappa shape index (κ3) is 6.03. The Bertz CT molecular complexity index is 1410. The Morgan fingerprint density at radius 3 is 2.41 bits per heavy atom. The van der Waals surface area contributed by atoms with Gasteiger partial charge in [-0.1, -0.05) is 42.5 Å². The van der Waals surface area contributed by atoms with Crippen LogP contribution in [0.4, 0.5) is 5.69 Å². The zero-order valence-electron chi connectivity index (χ0n) is 21.1. The molecule has 1 heterocycles. The number of amidine groups is 1. The molecule has 0 aliphatic carbocycles. The van der Waals surface area contributed by atoms with Crippen molar-refractivity contribution in [2.75, 3.05) is 18.1 Å². The molecule has 1 aromatic heterocycles. The number of amides is 1. The van der Waals surface area contributed by atoms with Gasteiger partial charge in [-0.3, -0.25) is 15.0 Å². The van der Waals surface area contributed by atoms with Crippen molar-refractivity contribution in [2.24, 2.45) is 12.8 Å². The first-order valence-electron chi connectivity index (χ1n) is 12.3. The lowest BCUT2D eigenvalue weighted by Gasteiger charge is -2.23. The normalized spacial score (nSPS) is 10.9. The summed E-state index contributed by atoms with van der Waals surface area (Å²) in [5.41, 5.74) is 10.3. The smallest absolute Gasteiger partial charge is 0.305 e. The van der Waals surface area contributed by atoms with Gasteiger partial charge in [0.2, 0.25) is 0 Å². The molecule has 3 aromatic carbocycles. The molecule has 8 heteroatoms. The highest BCUT2D eigenvalue weighted by Crippen LogP contribution is 2.23. The van der Waals surface area contributed by atoms with Gasteiger partial charge in [0.25, 0.3) is 5.91 Å². The van der Waals surface area contributed by atoms with E-state index < -0.39 is 0 Å². The number of nitrogens with two attached hydrogens (primary N) is 1. The minimum atomic E-state index is -0.263. The summed E-state index contributed by atoms with van der Waals surface area (Å²) in [5, 5.41) is 7.56. The molecule has 0 fully saturated rings. The zero-order valence-corrected chi connectivity index (χ0v) is 21.1. The quantitative estimate of drug-likeness (QED) is 0.191. The Morgan fingerprint density at radius 2 is 1.73 bits per heavy atom. The number of esters is 1. The molecule has 0 unspecified atom stereocenters. The van der Waals surface area contributed by atoms with Gasteiger partial charge in [-0.2, -0.15) is 0 Å². The van der Waals surface area contributed by atoms with E-state index in [-0.39, 0.29) is 24.1 Å². The number of nitrogens with one attached hydrogen (secondary N) is 1. The highest BCUT2D eigenvalue weighted by molar-refractivity contribution is 6.07. The summed E-state index contributed by atoms with van der Waals surface area (Å²) in [7, 11) is 1.96. The molecule has 0 aliphatic heterocycles. The van der Waals surface area contributed by atoms with Crippen LogP contribution in [0.5, 0.6) is 0 Å². The molecule has 4 rings (SSSR count). The number of aryl methyl sites for hydroxylation is 1. The largest absolute Gasteiger partial charge is 0.466 e. The fourth-order valence-corrected chi connectivity index (χ4v) is 4.25. The van der Waals surface area contributed by atoms with Crippen LogP contribution in [0, 0.1) is 5.41 Å². The molecule has 0 radical (unpaired) electrons. The predicted molar refractivity (Wildman–Crippen MR) is 145 cm³/mol. The van der Waals surface area contributed by atoms with E-state index in [1.54, 1.807) is 11.8 Å². The molecule has 0 saturated heterocycles. The van der Waals surface area contributed by atoms with E-state index in [1.807, 2.05) is 84.4 Å². The van der Waals surface area contributed by atoms with Gasteiger partial charge in [-0.05, 0) is 49.2 Å². The summed E-state index contributed by atoms with van der Waals surface area (Å²) in [5.74, 6) is 0.492. The Hall–Kier alpha value is -4.46. The van der Waals surface area contributed by atoms with Crippen LogP contribution in [0.2, 0.25) is 0 Å². The summed E-state index contributed by atoms with van der Waals surface area (Å²) < 4.78 is 7.05. The highest BCUT2D eigenvalue weighted by Gasteiger charge is 2.20. The Kier molecular flexibility index (Phi) is 7.98. The number of ether oxygens (including phenoxy) is 1. The van der Waals surface area contributed by atoms with Crippen LogP contribution >= 0.6 is 0 Å². The molecule has 1 amide bonds. The molecular weight excluding hydrogens is 466 g/mol. The number of nitrogens with zero attached hydrogens (tertiary/aromatic N) is 3. The lowest BCUT2D eigenvalue weighted by molar-refractivity contribution is -0.143. The van der Waals surface area contributed by atoms with Crippen molar-refractivity contribution in [3.05, 3.63) is 95.3 Å². The van der Waals surface area contributed by atoms with Crippen molar-refractivity contribution < 1.29 is 14.3 Å². The van der Waals surface area contributed by atoms with Crippen LogP contribution < -0.4 is 10.6 Å². The first kappa shape index (κ1) is 25.6. The number of anilines is 1. The van der Waals surface area contributed by atoms with E-state index in [0.717, 1.165) is 28.1 Å². The molecule has 190 valence electrons. The number of nitrogen functional groups attached to an aromatic ring is 1. The van der Waals surface area contributed by atoms with Gasteiger partial charge in [0.05, 0.1) is 17.6 Å². The molecule has 0 atom stereocenters. The molecule has 0 spiro atoms. The number of aromatic nitrogens is 2. The second-order valence-corrected chi connectivity index (χ2v) is 8.78. The number of carbonyl (C=O) groups is 2. The summed E-state index contributed by atoms with van der Waals surface area (Å²) in [6.07, 6.45) is 1.36. The van der Waals surface area contributed by atoms with Crippen molar-refractivity contribution in [3.8, 4) is 0 Å². The van der Waals surface area contributed by atoms with Crippen LogP contribution in [0.3, 0.4) is 0 Å². The minimum absolute atomic E-state index is 0.0388. The molecule has 0 saturated carbocycles. The fraction of sp³-hybridized carbons (Fsp3) is 0.241. The fourth-order valence-electron chi connectivity index (χ4n) is 4.25. The number of imidazole rings is 1. The van der Waals surface area contributed by atoms with Gasteiger partial charge in [0.15, 0.2) is 0 Å². The van der Waals surface area contributed by atoms with Gasteiger partial charge in [0, 0.05) is 43.2 Å². The minimum Gasteiger partial charge on any atom is -0.466 e. The lowest BCUT2D eigenvalue weighted by Crippen LogP contribution is -2.32. The summed E-state index contributed by atoms with van der Waals surface area (Å²) >= 11 is 0. The SMILES string of the molecule is CCOC(=O)CCCN(C(=O)c1ccc2c(c1)nc(Cc1ccc(C(=N)N)cc1)n2C)c1ccccc1. The predicted octanol–water partition coefficient (Wildman–Crippen LogP) is 4.44. The maximum Gasteiger partial charge on any atom is 0.305 e. The maximum absolute atomic E-state index is 13.6. The van der Waals surface area contributed by atoms with Gasteiger partial charge in [0.1, 0.15) is 11.7 Å². The molecule has 4 aromatic rings. The van der Waals surface area contributed by atoms with Gasteiger partial charge >= 0.3 is 5.97 Å². The second kappa shape index (κ2) is 11.5. The van der Waals surface area contributed by atoms with Crippen LogP contribution in [0.25, 0.3) is 11.0 Å². The molecule has 0 bridgehead atoms. The van der Waals surface area contributed by atoms with E-state index >= 15 is 0 Å². The Morgan fingerprint density at radius 1 is 1.03 bits per heavy atom. The molecule has 8 nitrogen and oxygen atoms in total. The number of hydrogen-bond donors (Lipinski definition) is 2. The summed E-state index contributed by atoms with van der Waals surface area (Å²) in [6.45, 7) is 2.51. The van der Waals surface area contributed by atoms with E-state index in [0.29, 0.717) is 37.1 Å². The second-order valence-electron chi connectivity index (χ2n) is 8.78. The van der Waals surface area contributed by atoms with Crippen molar-refractivity contribution in [1.29, 1.82) is 5.41 Å². The third-order valence-electron chi connectivity index (χ3n) is 6.23. The van der Waals surface area contributed by atoms with Gasteiger partial charge < -0.3 is 19.9 Å². The maximum atomic E-state index is 13.6. The topological polar surface area (TPSA) is 114 Å². The summed E-state index contributed by atoms with van der Waals surface area (Å²) in [6, 6.07) is 22.6. The number of hydrogen-bond acceptors (Lipinski definition) is 5. The van der Waals surface area contributed by atoms with Gasteiger partial charge in [-0.25, -0.2) is 4.98 Å². The lowest BCUT2D eigenvalue weighted by atomic mass is 10.1. The van der Waals surface area contributed by atoms with Crippen LogP contribution in [0.15, 0.2) is 72.8 Å². The van der Waals surface area contributed by atoms with Crippen LogP contribution in [-0.2, 0) is 23.0 Å². The van der Waals surface area contributed by atoms with E-state index in [4.69, 9.17) is 20.9 Å². The molecule has 0 aliphatic rings. The molecule has 37 heavy (non-hydrogen) atoms. The monoisotopic (exact) mass is 497 g/mol. The third-order valence-corrected chi connectivity index (χ3v) is 6.23.